The lowest BCUT2D eigenvalue weighted by atomic mass is 10.1. The molecule has 0 bridgehead atoms. The van der Waals surface area contributed by atoms with E-state index >= 15 is 0 Å². The molecule has 4 aromatic rings. The Morgan fingerprint density at radius 3 is 2.48 bits per heavy atom. The van der Waals surface area contributed by atoms with Gasteiger partial charge in [-0.05, 0) is 60.5 Å². The average molecular weight is 359 g/mol. The second-order valence-corrected chi connectivity index (χ2v) is 6.25. The Kier molecular flexibility index (Phi) is 4.42. The number of fused-ring (bicyclic) bond motifs is 1. The number of anilines is 1. The number of amides is 1. The molecule has 1 N–H and O–H groups in total. The maximum Gasteiger partial charge on any atom is 0.256 e. The summed E-state index contributed by atoms with van der Waals surface area (Å²) < 4.78 is 15.1. The van der Waals surface area contributed by atoms with Gasteiger partial charge >= 0.3 is 0 Å². The Morgan fingerprint density at radius 2 is 1.78 bits per heavy atom. The molecular formula is C22H18FN3O. The van der Waals surface area contributed by atoms with Crippen molar-refractivity contribution in [3.05, 3.63) is 89.9 Å². The lowest BCUT2D eigenvalue weighted by Gasteiger charge is -2.08. The molecule has 0 spiro atoms. The van der Waals surface area contributed by atoms with Gasteiger partial charge in [-0.2, -0.15) is 0 Å². The largest absolute Gasteiger partial charge is 0.306 e. The summed E-state index contributed by atoms with van der Waals surface area (Å²) in [5.74, 6) is 0.0255. The summed E-state index contributed by atoms with van der Waals surface area (Å²) in [7, 11) is 0. The second kappa shape index (κ2) is 7.03. The zero-order valence-corrected chi connectivity index (χ0v) is 14.8. The van der Waals surface area contributed by atoms with Crippen LogP contribution in [-0.2, 0) is 6.42 Å². The van der Waals surface area contributed by atoms with Crippen molar-refractivity contribution in [1.82, 2.24) is 9.38 Å². The summed E-state index contributed by atoms with van der Waals surface area (Å²) in [6, 6.07) is 19.2. The third-order valence-electron chi connectivity index (χ3n) is 4.50. The number of halogens is 1. The molecule has 0 saturated carbocycles. The molecule has 0 unspecified atom stereocenters. The van der Waals surface area contributed by atoms with Gasteiger partial charge in [-0.3, -0.25) is 9.20 Å². The van der Waals surface area contributed by atoms with Crippen molar-refractivity contribution in [2.75, 3.05) is 5.32 Å². The van der Waals surface area contributed by atoms with Gasteiger partial charge in [-0.1, -0.05) is 25.1 Å². The van der Waals surface area contributed by atoms with Crippen LogP contribution in [0.25, 0.3) is 16.9 Å². The molecule has 0 aliphatic rings. The number of benzene rings is 2. The Balaban J connectivity index is 1.76. The molecule has 2 aromatic carbocycles. The van der Waals surface area contributed by atoms with Gasteiger partial charge in [-0.15, -0.1) is 0 Å². The molecule has 2 heterocycles. The fourth-order valence-electron chi connectivity index (χ4n) is 3.00. The molecule has 134 valence electrons. The summed E-state index contributed by atoms with van der Waals surface area (Å²) in [6.45, 7) is 2.07. The van der Waals surface area contributed by atoms with E-state index < -0.39 is 0 Å². The zero-order valence-electron chi connectivity index (χ0n) is 14.8. The number of imidazole rings is 1. The SMILES string of the molecule is CCc1ccc(C(=O)Nc2c(-c3ccc(F)cc3)nc3ccccn23)cc1. The third kappa shape index (κ3) is 3.31. The number of hydrogen-bond acceptors (Lipinski definition) is 2. The van der Waals surface area contributed by atoms with Crippen LogP contribution >= 0.6 is 0 Å². The molecule has 2 aromatic heterocycles. The monoisotopic (exact) mass is 359 g/mol. The molecule has 27 heavy (non-hydrogen) atoms. The molecule has 4 rings (SSSR count). The molecule has 0 atom stereocenters. The maximum atomic E-state index is 13.3. The van der Waals surface area contributed by atoms with Gasteiger partial charge in [0.1, 0.15) is 23.0 Å². The summed E-state index contributed by atoms with van der Waals surface area (Å²) in [5.41, 5.74) is 3.78. The minimum Gasteiger partial charge on any atom is -0.306 e. The third-order valence-corrected chi connectivity index (χ3v) is 4.50. The number of nitrogens with zero attached hydrogens (tertiary/aromatic N) is 2. The summed E-state index contributed by atoms with van der Waals surface area (Å²) in [5, 5.41) is 2.97. The smallest absolute Gasteiger partial charge is 0.256 e. The van der Waals surface area contributed by atoms with Gasteiger partial charge in [0.05, 0.1) is 0 Å². The molecule has 0 saturated heterocycles. The molecule has 0 aliphatic carbocycles. The number of aromatic nitrogens is 2. The Hall–Kier alpha value is -3.47. The van der Waals surface area contributed by atoms with E-state index in [9.17, 15) is 9.18 Å². The summed E-state index contributed by atoms with van der Waals surface area (Å²) in [6.07, 6.45) is 2.76. The van der Waals surface area contributed by atoms with Gasteiger partial charge in [0, 0.05) is 17.3 Å². The highest BCUT2D eigenvalue weighted by molar-refractivity contribution is 6.05. The lowest BCUT2D eigenvalue weighted by molar-refractivity contribution is 0.102. The first-order chi connectivity index (χ1) is 13.2. The topological polar surface area (TPSA) is 46.4 Å². The highest BCUT2D eigenvalue weighted by atomic mass is 19.1. The number of carbonyl (C=O) groups is 1. The summed E-state index contributed by atoms with van der Waals surface area (Å²) in [4.78, 5) is 17.4. The van der Waals surface area contributed by atoms with Gasteiger partial charge < -0.3 is 5.32 Å². The van der Waals surface area contributed by atoms with Crippen molar-refractivity contribution in [3.8, 4) is 11.3 Å². The van der Waals surface area contributed by atoms with Crippen molar-refractivity contribution in [2.45, 2.75) is 13.3 Å². The number of nitrogens with one attached hydrogen (secondary N) is 1. The van der Waals surface area contributed by atoms with Crippen LogP contribution < -0.4 is 5.32 Å². The predicted octanol–water partition coefficient (Wildman–Crippen LogP) is 4.96. The van der Waals surface area contributed by atoms with Gasteiger partial charge in [0.25, 0.3) is 5.91 Å². The van der Waals surface area contributed by atoms with Crippen LogP contribution in [0.4, 0.5) is 10.2 Å². The average Bonchev–Trinajstić information content (AvgIpc) is 3.07. The molecule has 0 radical (unpaired) electrons. The minimum absolute atomic E-state index is 0.216. The van der Waals surface area contributed by atoms with E-state index in [-0.39, 0.29) is 11.7 Å². The Bertz CT molecular complexity index is 1100. The number of carbonyl (C=O) groups excluding carboxylic acids is 1. The maximum absolute atomic E-state index is 13.3. The number of rotatable bonds is 4. The van der Waals surface area contributed by atoms with Crippen LogP contribution in [0.15, 0.2) is 72.9 Å². The first kappa shape index (κ1) is 17.0. The van der Waals surface area contributed by atoms with E-state index in [1.54, 1.807) is 12.1 Å². The van der Waals surface area contributed by atoms with Crippen LogP contribution in [0.2, 0.25) is 0 Å². The van der Waals surface area contributed by atoms with Crippen molar-refractivity contribution >= 4 is 17.4 Å². The molecule has 0 aliphatic heterocycles. The normalized spacial score (nSPS) is 10.9. The van der Waals surface area contributed by atoms with Gasteiger partial charge in [0.2, 0.25) is 0 Å². The standard InChI is InChI=1S/C22H18FN3O/c1-2-15-6-8-17(9-7-15)22(27)25-21-20(16-10-12-18(23)13-11-16)24-19-5-3-4-14-26(19)21/h3-14H,2H2,1H3,(H,25,27). The van der Waals surface area contributed by atoms with Crippen molar-refractivity contribution in [1.29, 1.82) is 0 Å². The van der Waals surface area contributed by atoms with Crippen LogP contribution in [-0.4, -0.2) is 15.3 Å². The number of hydrogen-bond donors (Lipinski definition) is 1. The Morgan fingerprint density at radius 1 is 1.04 bits per heavy atom. The molecular weight excluding hydrogens is 341 g/mol. The van der Waals surface area contributed by atoms with Crippen molar-refractivity contribution in [2.24, 2.45) is 0 Å². The van der Waals surface area contributed by atoms with E-state index in [1.165, 1.54) is 17.7 Å². The van der Waals surface area contributed by atoms with E-state index in [4.69, 9.17) is 0 Å². The van der Waals surface area contributed by atoms with Gasteiger partial charge in [0.15, 0.2) is 0 Å². The quantitative estimate of drug-likeness (QED) is 0.560. The summed E-state index contributed by atoms with van der Waals surface area (Å²) >= 11 is 0. The Labute approximate surface area is 156 Å². The highest BCUT2D eigenvalue weighted by Gasteiger charge is 2.17. The van der Waals surface area contributed by atoms with E-state index in [0.29, 0.717) is 22.7 Å². The van der Waals surface area contributed by atoms with Crippen molar-refractivity contribution in [3.63, 3.8) is 0 Å². The lowest BCUT2D eigenvalue weighted by Crippen LogP contribution is -2.14. The second-order valence-electron chi connectivity index (χ2n) is 6.25. The van der Waals surface area contributed by atoms with Crippen molar-refractivity contribution < 1.29 is 9.18 Å². The van der Waals surface area contributed by atoms with E-state index in [2.05, 4.69) is 17.2 Å². The number of pyridine rings is 1. The zero-order chi connectivity index (χ0) is 18.8. The fraction of sp³-hybridized carbons (Fsp3) is 0.0909. The van der Waals surface area contributed by atoms with E-state index in [1.807, 2.05) is 53.1 Å². The molecule has 0 fully saturated rings. The highest BCUT2D eigenvalue weighted by Crippen LogP contribution is 2.29. The fourth-order valence-corrected chi connectivity index (χ4v) is 3.00. The van der Waals surface area contributed by atoms with Crippen LogP contribution in [0.3, 0.4) is 0 Å². The number of aryl methyl sites for hydroxylation is 1. The first-order valence-corrected chi connectivity index (χ1v) is 8.79. The molecule has 1 amide bonds. The van der Waals surface area contributed by atoms with E-state index in [0.717, 1.165) is 12.0 Å². The first-order valence-electron chi connectivity index (χ1n) is 8.79. The van der Waals surface area contributed by atoms with Gasteiger partial charge in [-0.25, -0.2) is 9.37 Å². The van der Waals surface area contributed by atoms with Crippen LogP contribution in [0, 0.1) is 5.82 Å². The predicted molar refractivity (Wildman–Crippen MR) is 104 cm³/mol. The minimum atomic E-state index is -0.316. The molecule has 5 heteroatoms. The van der Waals surface area contributed by atoms with Crippen LogP contribution in [0.5, 0.6) is 0 Å². The molecule has 4 nitrogen and oxygen atoms in total. The van der Waals surface area contributed by atoms with Crippen LogP contribution in [0.1, 0.15) is 22.8 Å².